The van der Waals surface area contributed by atoms with Gasteiger partial charge in [-0.3, -0.25) is 0 Å². The van der Waals surface area contributed by atoms with Crippen molar-refractivity contribution in [2.45, 2.75) is 26.4 Å². The summed E-state index contributed by atoms with van der Waals surface area (Å²) in [5.41, 5.74) is 3.52. The first-order chi connectivity index (χ1) is 9.75. The lowest BCUT2D eigenvalue weighted by Crippen LogP contribution is -2.18. The number of nitrogens with one attached hydrogen (secondary N) is 1. The Morgan fingerprint density at radius 3 is 2.50 bits per heavy atom. The van der Waals surface area contributed by atoms with Crippen LogP contribution in [0.25, 0.3) is 11.0 Å². The van der Waals surface area contributed by atoms with Crippen LogP contribution in [0.3, 0.4) is 0 Å². The minimum atomic E-state index is 0.323. The SMILES string of the molecule is Cc1oc2ccccc2c1CN[C@H](C)c1ccccc1. The van der Waals surface area contributed by atoms with Gasteiger partial charge in [-0.15, -0.1) is 0 Å². The first-order valence-corrected chi connectivity index (χ1v) is 7.01. The number of aryl methyl sites for hydroxylation is 1. The van der Waals surface area contributed by atoms with Crippen LogP contribution in [0.15, 0.2) is 59.0 Å². The van der Waals surface area contributed by atoms with Crippen LogP contribution in [-0.4, -0.2) is 0 Å². The number of hydrogen-bond donors (Lipinski definition) is 1. The Labute approximate surface area is 119 Å². The van der Waals surface area contributed by atoms with Crippen molar-refractivity contribution in [2.24, 2.45) is 0 Å². The van der Waals surface area contributed by atoms with Crippen LogP contribution in [0.5, 0.6) is 0 Å². The quantitative estimate of drug-likeness (QED) is 0.746. The van der Waals surface area contributed by atoms with Crippen LogP contribution < -0.4 is 5.32 Å². The van der Waals surface area contributed by atoms with Crippen LogP contribution >= 0.6 is 0 Å². The maximum absolute atomic E-state index is 5.80. The van der Waals surface area contributed by atoms with Crippen molar-refractivity contribution >= 4 is 11.0 Å². The van der Waals surface area contributed by atoms with Gasteiger partial charge in [0.15, 0.2) is 0 Å². The Morgan fingerprint density at radius 1 is 1.00 bits per heavy atom. The molecule has 102 valence electrons. The molecule has 0 fully saturated rings. The fourth-order valence-electron chi connectivity index (χ4n) is 2.56. The lowest BCUT2D eigenvalue weighted by molar-refractivity contribution is 0.544. The monoisotopic (exact) mass is 265 g/mol. The van der Waals surface area contributed by atoms with Crippen molar-refractivity contribution in [3.63, 3.8) is 0 Å². The first kappa shape index (κ1) is 12.9. The van der Waals surface area contributed by atoms with Crippen molar-refractivity contribution < 1.29 is 4.42 Å². The third kappa shape index (κ3) is 2.47. The zero-order valence-electron chi connectivity index (χ0n) is 11.9. The van der Waals surface area contributed by atoms with Crippen molar-refractivity contribution in [1.82, 2.24) is 5.32 Å². The van der Waals surface area contributed by atoms with E-state index in [-0.39, 0.29) is 0 Å². The van der Waals surface area contributed by atoms with Crippen molar-refractivity contribution in [2.75, 3.05) is 0 Å². The number of furan rings is 1. The molecule has 0 amide bonds. The van der Waals surface area contributed by atoms with Gasteiger partial charge in [0.2, 0.25) is 0 Å². The zero-order valence-corrected chi connectivity index (χ0v) is 11.9. The van der Waals surface area contributed by atoms with E-state index in [9.17, 15) is 0 Å². The number of benzene rings is 2. The largest absolute Gasteiger partial charge is 0.461 e. The van der Waals surface area contributed by atoms with Gasteiger partial charge in [-0.1, -0.05) is 48.5 Å². The van der Waals surface area contributed by atoms with Gasteiger partial charge in [-0.05, 0) is 25.5 Å². The maximum Gasteiger partial charge on any atom is 0.134 e. The summed E-state index contributed by atoms with van der Waals surface area (Å²) in [6.45, 7) is 5.04. The second-order valence-electron chi connectivity index (χ2n) is 5.15. The van der Waals surface area contributed by atoms with E-state index in [2.05, 4.69) is 48.6 Å². The van der Waals surface area contributed by atoms with E-state index in [1.54, 1.807) is 0 Å². The van der Waals surface area contributed by atoms with Gasteiger partial charge in [-0.2, -0.15) is 0 Å². The lowest BCUT2D eigenvalue weighted by Gasteiger charge is -2.14. The van der Waals surface area contributed by atoms with E-state index in [1.165, 1.54) is 16.5 Å². The molecule has 1 heterocycles. The fraction of sp³-hybridized carbons (Fsp3) is 0.222. The summed E-state index contributed by atoms with van der Waals surface area (Å²) in [5, 5.41) is 4.78. The molecule has 0 aliphatic heterocycles. The second kappa shape index (κ2) is 5.51. The van der Waals surface area contributed by atoms with Gasteiger partial charge in [0, 0.05) is 23.5 Å². The Kier molecular flexibility index (Phi) is 3.57. The highest BCUT2D eigenvalue weighted by molar-refractivity contribution is 5.82. The topological polar surface area (TPSA) is 25.2 Å². The van der Waals surface area contributed by atoms with Crippen LogP contribution in [-0.2, 0) is 6.54 Å². The van der Waals surface area contributed by atoms with Crippen molar-refractivity contribution in [3.8, 4) is 0 Å². The summed E-state index contributed by atoms with van der Waals surface area (Å²) in [4.78, 5) is 0. The highest BCUT2D eigenvalue weighted by atomic mass is 16.3. The smallest absolute Gasteiger partial charge is 0.134 e. The average Bonchev–Trinajstić information content (AvgIpc) is 2.81. The molecule has 20 heavy (non-hydrogen) atoms. The van der Waals surface area contributed by atoms with Gasteiger partial charge < -0.3 is 9.73 Å². The van der Waals surface area contributed by atoms with E-state index in [4.69, 9.17) is 4.42 Å². The summed E-state index contributed by atoms with van der Waals surface area (Å²) in [5.74, 6) is 0.999. The van der Waals surface area contributed by atoms with Gasteiger partial charge in [0.25, 0.3) is 0 Å². The van der Waals surface area contributed by atoms with Gasteiger partial charge >= 0.3 is 0 Å². The Bertz CT molecular complexity index is 700. The molecule has 2 nitrogen and oxygen atoms in total. The molecule has 1 aromatic heterocycles. The van der Waals surface area contributed by atoms with E-state index in [0.29, 0.717) is 6.04 Å². The summed E-state index contributed by atoms with van der Waals surface area (Å²) in [6.07, 6.45) is 0. The molecule has 0 aliphatic rings. The summed E-state index contributed by atoms with van der Waals surface area (Å²) in [7, 11) is 0. The molecule has 0 saturated carbocycles. The average molecular weight is 265 g/mol. The highest BCUT2D eigenvalue weighted by Gasteiger charge is 2.11. The molecule has 2 aromatic carbocycles. The third-order valence-electron chi connectivity index (χ3n) is 3.78. The molecule has 3 rings (SSSR count). The van der Waals surface area contributed by atoms with Gasteiger partial charge in [0.05, 0.1) is 0 Å². The standard InChI is InChI=1S/C18H19NO/c1-13(15-8-4-3-5-9-15)19-12-17-14(2)20-18-11-7-6-10-16(17)18/h3-11,13,19H,12H2,1-2H3/t13-/m1/s1. The van der Waals surface area contributed by atoms with E-state index in [1.807, 2.05) is 25.1 Å². The molecule has 1 atom stereocenters. The van der Waals surface area contributed by atoms with E-state index >= 15 is 0 Å². The van der Waals surface area contributed by atoms with Crippen LogP contribution in [0, 0.1) is 6.92 Å². The maximum atomic E-state index is 5.80. The molecule has 0 spiro atoms. The molecular weight excluding hydrogens is 246 g/mol. The zero-order chi connectivity index (χ0) is 13.9. The fourth-order valence-corrected chi connectivity index (χ4v) is 2.56. The third-order valence-corrected chi connectivity index (χ3v) is 3.78. The molecule has 2 heteroatoms. The predicted molar refractivity (Wildman–Crippen MR) is 82.6 cm³/mol. The molecule has 3 aromatic rings. The van der Waals surface area contributed by atoms with Crippen molar-refractivity contribution in [1.29, 1.82) is 0 Å². The van der Waals surface area contributed by atoms with Crippen LogP contribution in [0.1, 0.15) is 29.9 Å². The van der Waals surface area contributed by atoms with E-state index in [0.717, 1.165) is 17.9 Å². The number of fused-ring (bicyclic) bond motifs is 1. The summed E-state index contributed by atoms with van der Waals surface area (Å²) < 4.78 is 5.80. The first-order valence-electron chi connectivity index (χ1n) is 7.01. The molecule has 1 N–H and O–H groups in total. The molecule has 0 aliphatic carbocycles. The van der Waals surface area contributed by atoms with Gasteiger partial charge in [-0.25, -0.2) is 0 Å². The summed E-state index contributed by atoms with van der Waals surface area (Å²) in [6, 6.07) is 19.0. The number of rotatable bonds is 4. The molecule has 0 radical (unpaired) electrons. The van der Waals surface area contributed by atoms with Crippen LogP contribution in [0.2, 0.25) is 0 Å². The Hall–Kier alpha value is -2.06. The minimum absolute atomic E-state index is 0.323. The molecule has 0 bridgehead atoms. The lowest BCUT2D eigenvalue weighted by atomic mass is 10.1. The highest BCUT2D eigenvalue weighted by Crippen LogP contribution is 2.25. The molecular formula is C18H19NO. The number of para-hydroxylation sites is 1. The number of hydrogen-bond acceptors (Lipinski definition) is 2. The molecule has 0 saturated heterocycles. The second-order valence-corrected chi connectivity index (χ2v) is 5.15. The minimum Gasteiger partial charge on any atom is -0.461 e. The van der Waals surface area contributed by atoms with Crippen molar-refractivity contribution in [3.05, 3.63) is 71.5 Å². The van der Waals surface area contributed by atoms with Gasteiger partial charge in [0.1, 0.15) is 11.3 Å². The van der Waals surface area contributed by atoms with Crippen LogP contribution in [0.4, 0.5) is 0 Å². The normalized spacial score (nSPS) is 12.7. The summed E-state index contributed by atoms with van der Waals surface area (Å²) >= 11 is 0. The van der Waals surface area contributed by atoms with E-state index < -0.39 is 0 Å². The molecule has 0 unspecified atom stereocenters. The Balaban J connectivity index is 1.79. The predicted octanol–water partition coefficient (Wildman–Crippen LogP) is 4.59. The Morgan fingerprint density at radius 2 is 1.70 bits per heavy atom.